The van der Waals surface area contributed by atoms with E-state index in [0.29, 0.717) is 11.3 Å². The molecule has 0 unspecified atom stereocenters. The van der Waals surface area contributed by atoms with Gasteiger partial charge in [0.15, 0.2) is 6.61 Å². The lowest BCUT2D eigenvalue weighted by atomic mass is 10.1. The second kappa shape index (κ2) is 7.99. The molecule has 1 atom stereocenters. The summed E-state index contributed by atoms with van der Waals surface area (Å²) in [6.07, 6.45) is 5.34. The van der Waals surface area contributed by atoms with Gasteiger partial charge in [-0.25, -0.2) is 4.98 Å². The zero-order valence-corrected chi connectivity index (χ0v) is 14.3. The number of hydrogen-bond acceptors (Lipinski definition) is 4. The van der Waals surface area contributed by atoms with Crippen LogP contribution in [-0.2, 0) is 4.79 Å². The number of benzene rings is 2. The quantitative estimate of drug-likeness (QED) is 0.744. The number of imidazole rings is 1. The van der Waals surface area contributed by atoms with E-state index in [2.05, 4.69) is 10.3 Å². The van der Waals surface area contributed by atoms with Crippen molar-refractivity contribution in [2.45, 2.75) is 13.0 Å². The highest BCUT2D eigenvalue weighted by Gasteiger charge is 2.10. The highest BCUT2D eigenvalue weighted by molar-refractivity contribution is 5.78. The summed E-state index contributed by atoms with van der Waals surface area (Å²) in [6.45, 7) is 1.84. The van der Waals surface area contributed by atoms with Crippen molar-refractivity contribution in [2.75, 3.05) is 6.61 Å². The van der Waals surface area contributed by atoms with E-state index >= 15 is 0 Å². The third-order valence-corrected chi connectivity index (χ3v) is 3.93. The SMILES string of the molecule is C[C@H](NC(=O)COc1ccc(C#N)cc1)c1ccc(-n2ccnc2)cc1. The fourth-order valence-electron chi connectivity index (χ4n) is 2.49. The molecule has 1 amide bonds. The van der Waals surface area contributed by atoms with Gasteiger partial charge in [0.1, 0.15) is 5.75 Å². The number of rotatable bonds is 6. The summed E-state index contributed by atoms with van der Waals surface area (Å²) in [5.74, 6) is 0.344. The number of hydrogen-bond donors (Lipinski definition) is 1. The van der Waals surface area contributed by atoms with Crippen LogP contribution >= 0.6 is 0 Å². The minimum absolute atomic E-state index is 0.0800. The van der Waals surface area contributed by atoms with Crippen LogP contribution in [0.5, 0.6) is 5.75 Å². The predicted octanol–water partition coefficient (Wildman–Crippen LogP) is 3.00. The lowest BCUT2D eigenvalue weighted by Crippen LogP contribution is -2.31. The molecule has 0 radical (unpaired) electrons. The van der Waals surface area contributed by atoms with Crippen molar-refractivity contribution in [3.8, 4) is 17.5 Å². The van der Waals surface area contributed by atoms with Gasteiger partial charge in [-0.05, 0) is 48.9 Å². The third kappa shape index (κ3) is 4.28. The van der Waals surface area contributed by atoms with E-state index in [1.807, 2.05) is 48.0 Å². The number of nitrogens with zero attached hydrogens (tertiary/aromatic N) is 3. The van der Waals surface area contributed by atoms with Gasteiger partial charge in [0, 0.05) is 18.1 Å². The van der Waals surface area contributed by atoms with Gasteiger partial charge >= 0.3 is 0 Å². The first-order valence-corrected chi connectivity index (χ1v) is 8.16. The van der Waals surface area contributed by atoms with Gasteiger partial charge in [0.2, 0.25) is 0 Å². The Bertz CT molecular complexity index is 894. The van der Waals surface area contributed by atoms with Crippen LogP contribution < -0.4 is 10.1 Å². The van der Waals surface area contributed by atoms with Crippen LogP contribution in [0.1, 0.15) is 24.1 Å². The fraction of sp³-hybridized carbons (Fsp3) is 0.150. The Hall–Kier alpha value is -3.59. The number of ether oxygens (including phenoxy) is 1. The van der Waals surface area contributed by atoms with Crippen molar-refractivity contribution in [3.05, 3.63) is 78.4 Å². The van der Waals surface area contributed by atoms with E-state index in [0.717, 1.165) is 11.3 Å². The van der Waals surface area contributed by atoms with Crippen LogP contribution in [0.3, 0.4) is 0 Å². The smallest absolute Gasteiger partial charge is 0.258 e. The number of aromatic nitrogens is 2. The molecule has 0 saturated carbocycles. The summed E-state index contributed by atoms with van der Waals surface area (Å²) in [7, 11) is 0. The number of carbonyl (C=O) groups is 1. The summed E-state index contributed by atoms with van der Waals surface area (Å²) >= 11 is 0. The Morgan fingerprint density at radius 3 is 2.58 bits per heavy atom. The van der Waals surface area contributed by atoms with E-state index in [1.54, 1.807) is 36.8 Å². The molecule has 0 aliphatic heterocycles. The molecule has 1 heterocycles. The largest absolute Gasteiger partial charge is 0.484 e. The van der Waals surface area contributed by atoms with Crippen LogP contribution in [0, 0.1) is 11.3 Å². The maximum Gasteiger partial charge on any atom is 0.258 e. The first kappa shape index (κ1) is 17.2. The molecule has 0 bridgehead atoms. The van der Waals surface area contributed by atoms with Gasteiger partial charge in [-0.3, -0.25) is 4.79 Å². The number of amides is 1. The fourth-order valence-corrected chi connectivity index (χ4v) is 2.49. The normalized spacial score (nSPS) is 11.4. The number of nitrogens with one attached hydrogen (secondary N) is 1. The molecule has 0 saturated heterocycles. The average Bonchev–Trinajstić information content (AvgIpc) is 3.21. The van der Waals surface area contributed by atoms with Gasteiger partial charge in [0.05, 0.1) is 24.0 Å². The zero-order valence-electron chi connectivity index (χ0n) is 14.3. The van der Waals surface area contributed by atoms with E-state index in [1.165, 1.54) is 0 Å². The lowest BCUT2D eigenvalue weighted by molar-refractivity contribution is -0.123. The minimum atomic E-state index is -0.208. The van der Waals surface area contributed by atoms with Crippen molar-refractivity contribution in [2.24, 2.45) is 0 Å². The first-order valence-electron chi connectivity index (χ1n) is 8.16. The Labute approximate surface area is 151 Å². The van der Waals surface area contributed by atoms with Crippen molar-refractivity contribution in [1.82, 2.24) is 14.9 Å². The summed E-state index contributed by atoms with van der Waals surface area (Å²) in [4.78, 5) is 16.1. The van der Waals surface area contributed by atoms with E-state index in [4.69, 9.17) is 10.00 Å². The topological polar surface area (TPSA) is 79.9 Å². The molecule has 0 spiro atoms. The van der Waals surface area contributed by atoms with Gasteiger partial charge < -0.3 is 14.6 Å². The molecule has 6 nitrogen and oxygen atoms in total. The van der Waals surface area contributed by atoms with Crippen LogP contribution in [-0.4, -0.2) is 22.1 Å². The van der Waals surface area contributed by atoms with Gasteiger partial charge in [-0.15, -0.1) is 0 Å². The summed E-state index contributed by atoms with van der Waals surface area (Å²) in [5.41, 5.74) is 2.56. The molecule has 1 aromatic heterocycles. The van der Waals surface area contributed by atoms with Crippen LogP contribution in [0.4, 0.5) is 0 Å². The van der Waals surface area contributed by atoms with Crippen LogP contribution in [0.15, 0.2) is 67.3 Å². The van der Waals surface area contributed by atoms with Gasteiger partial charge in [-0.1, -0.05) is 12.1 Å². The van der Waals surface area contributed by atoms with Crippen LogP contribution in [0.25, 0.3) is 5.69 Å². The molecular formula is C20H18N4O2. The molecule has 0 aliphatic carbocycles. The maximum absolute atomic E-state index is 12.1. The third-order valence-electron chi connectivity index (χ3n) is 3.93. The summed E-state index contributed by atoms with van der Waals surface area (Å²) in [5, 5.41) is 11.7. The standard InChI is InChI=1S/C20H18N4O2/c1-15(17-4-6-18(7-5-17)24-11-10-22-14-24)23-20(25)13-26-19-8-2-16(12-21)3-9-19/h2-11,14-15H,13H2,1H3,(H,23,25)/t15-/m0/s1. The first-order chi connectivity index (χ1) is 12.7. The highest BCUT2D eigenvalue weighted by atomic mass is 16.5. The van der Waals surface area contributed by atoms with Crippen molar-refractivity contribution >= 4 is 5.91 Å². The summed E-state index contributed by atoms with van der Waals surface area (Å²) in [6, 6.07) is 16.4. The molecule has 130 valence electrons. The Balaban J connectivity index is 1.52. The molecule has 0 fully saturated rings. The molecule has 2 aromatic carbocycles. The maximum atomic E-state index is 12.1. The van der Waals surface area contributed by atoms with Gasteiger partial charge in [-0.2, -0.15) is 5.26 Å². The Kier molecular flexibility index (Phi) is 5.30. The zero-order chi connectivity index (χ0) is 18.4. The Morgan fingerprint density at radius 2 is 1.96 bits per heavy atom. The average molecular weight is 346 g/mol. The monoisotopic (exact) mass is 346 g/mol. The molecule has 1 N–H and O–H groups in total. The molecule has 0 aliphatic rings. The predicted molar refractivity (Wildman–Crippen MR) is 96.8 cm³/mol. The lowest BCUT2D eigenvalue weighted by Gasteiger charge is -2.15. The number of carbonyl (C=O) groups excluding carboxylic acids is 1. The second-order valence-electron chi connectivity index (χ2n) is 5.78. The number of nitriles is 1. The van der Waals surface area contributed by atoms with Gasteiger partial charge in [0.25, 0.3) is 5.91 Å². The van der Waals surface area contributed by atoms with E-state index in [9.17, 15) is 4.79 Å². The van der Waals surface area contributed by atoms with Crippen molar-refractivity contribution in [3.63, 3.8) is 0 Å². The van der Waals surface area contributed by atoms with Crippen LogP contribution in [0.2, 0.25) is 0 Å². The van der Waals surface area contributed by atoms with Crippen molar-refractivity contribution < 1.29 is 9.53 Å². The molecule has 6 heteroatoms. The molecule has 3 aromatic rings. The molecular weight excluding hydrogens is 328 g/mol. The Morgan fingerprint density at radius 1 is 1.23 bits per heavy atom. The van der Waals surface area contributed by atoms with E-state index in [-0.39, 0.29) is 18.6 Å². The minimum Gasteiger partial charge on any atom is -0.484 e. The van der Waals surface area contributed by atoms with E-state index < -0.39 is 0 Å². The molecule has 3 rings (SSSR count). The molecule has 26 heavy (non-hydrogen) atoms. The van der Waals surface area contributed by atoms with Crippen molar-refractivity contribution in [1.29, 1.82) is 5.26 Å². The highest BCUT2D eigenvalue weighted by Crippen LogP contribution is 2.16. The second-order valence-corrected chi connectivity index (χ2v) is 5.78. The summed E-state index contributed by atoms with van der Waals surface area (Å²) < 4.78 is 7.36.